The summed E-state index contributed by atoms with van der Waals surface area (Å²) in [5, 5.41) is 5.02. The predicted octanol–water partition coefficient (Wildman–Crippen LogP) is 2.71. The number of amides is 3. The van der Waals surface area contributed by atoms with Crippen LogP contribution in [-0.4, -0.2) is 61.3 Å². The van der Waals surface area contributed by atoms with Gasteiger partial charge in [-0.2, -0.15) is 0 Å². The molecule has 1 aromatic heterocycles. The van der Waals surface area contributed by atoms with Crippen LogP contribution in [0.5, 0.6) is 11.5 Å². The van der Waals surface area contributed by atoms with Crippen LogP contribution in [0.25, 0.3) is 0 Å². The van der Waals surface area contributed by atoms with Crippen molar-refractivity contribution in [2.75, 3.05) is 44.8 Å². The Bertz CT molecular complexity index is 898. The van der Waals surface area contributed by atoms with Gasteiger partial charge in [0.1, 0.15) is 0 Å². The van der Waals surface area contributed by atoms with Crippen LogP contribution in [0.15, 0.2) is 34.1 Å². The first-order chi connectivity index (χ1) is 14.0. The van der Waals surface area contributed by atoms with Crippen LogP contribution in [0.1, 0.15) is 4.88 Å². The molecule has 2 aliphatic rings. The highest BCUT2D eigenvalue weighted by Crippen LogP contribution is 2.34. The molecule has 1 fully saturated rings. The molecule has 0 aliphatic carbocycles. The summed E-state index contributed by atoms with van der Waals surface area (Å²) < 4.78 is 11.7. The molecule has 0 unspecified atom stereocenters. The quantitative estimate of drug-likeness (QED) is 0.684. The van der Waals surface area contributed by atoms with Crippen LogP contribution in [-0.2, 0) is 11.3 Å². The highest BCUT2D eigenvalue weighted by atomic mass is 79.9. The Balaban J connectivity index is 1.18. The van der Waals surface area contributed by atoms with Crippen LogP contribution in [0.2, 0.25) is 0 Å². The molecule has 1 saturated heterocycles. The number of carbonyl (C=O) groups is 2. The summed E-state index contributed by atoms with van der Waals surface area (Å²) >= 11 is 5.23. The van der Waals surface area contributed by atoms with Gasteiger partial charge >= 0.3 is 6.03 Å². The standard InChI is InChI=1S/C19H21BrN4O4S/c20-17-4-2-14(29-17)10-23-5-7-24(8-6-23)11-18(25)22-19(26)21-13-1-3-15-16(9-13)28-12-27-15/h1-4,9H,5-8,10-12H2,(H2,21,22,25,26). The Labute approximate surface area is 180 Å². The minimum atomic E-state index is -0.559. The summed E-state index contributed by atoms with van der Waals surface area (Å²) in [6, 6.07) is 8.72. The lowest BCUT2D eigenvalue weighted by atomic mass is 10.3. The summed E-state index contributed by atoms with van der Waals surface area (Å²) in [5.74, 6) is 0.888. The Morgan fingerprint density at radius 3 is 2.55 bits per heavy atom. The monoisotopic (exact) mass is 480 g/mol. The molecule has 0 radical (unpaired) electrons. The van der Waals surface area contributed by atoms with Crippen molar-refractivity contribution in [2.45, 2.75) is 6.54 Å². The molecule has 2 aromatic rings. The van der Waals surface area contributed by atoms with Crippen molar-refractivity contribution in [1.29, 1.82) is 0 Å². The van der Waals surface area contributed by atoms with Gasteiger partial charge in [-0.25, -0.2) is 4.79 Å². The van der Waals surface area contributed by atoms with E-state index in [-0.39, 0.29) is 19.2 Å². The Morgan fingerprint density at radius 1 is 1.03 bits per heavy atom. The number of urea groups is 1. The van der Waals surface area contributed by atoms with Crippen molar-refractivity contribution in [1.82, 2.24) is 15.1 Å². The van der Waals surface area contributed by atoms with Crippen LogP contribution < -0.4 is 20.1 Å². The van der Waals surface area contributed by atoms with Gasteiger partial charge in [-0.1, -0.05) is 0 Å². The third-order valence-corrected chi connectivity index (χ3v) is 6.33. The number of ether oxygens (including phenoxy) is 2. The number of carbonyl (C=O) groups excluding carboxylic acids is 2. The minimum absolute atomic E-state index is 0.168. The second-order valence-corrected chi connectivity index (χ2v) is 9.38. The normalized spacial score (nSPS) is 16.6. The van der Waals surface area contributed by atoms with E-state index >= 15 is 0 Å². The van der Waals surface area contributed by atoms with Gasteiger partial charge in [-0.3, -0.25) is 19.9 Å². The minimum Gasteiger partial charge on any atom is -0.454 e. The van der Waals surface area contributed by atoms with Crippen molar-refractivity contribution in [2.24, 2.45) is 0 Å². The van der Waals surface area contributed by atoms with Gasteiger partial charge in [-0.05, 0) is 40.2 Å². The fourth-order valence-corrected chi connectivity index (χ4v) is 4.79. The Morgan fingerprint density at radius 2 is 1.79 bits per heavy atom. The molecule has 0 spiro atoms. The average Bonchev–Trinajstić information content (AvgIpc) is 3.31. The number of halogens is 1. The molecule has 0 atom stereocenters. The van der Waals surface area contributed by atoms with E-state index in [1.54, 1.807) is 29.5 Å². The van der Waals surface area contributed by atoms with Crippen molar-refractivity contribution < 1.29 is 19.1 Å². The first-order valence-electron chi connectivity index (χ1n) is 9.24. The fourth-order valence-electron chi connectivity index (χ4n) is 3.27. The maximum atomic E-state index is 12.2. The summed E-state index contributed by atoms with van der Waals surface area (Å²) in [4.78, 5) is 30.0. The van der Waals surface area contributed by atoms with Gasteiger partial charge < -0.3 is 14.8 Å². The number of nitrogens with zero attached hydrogens (tertiary/aromatic N) is 2. The number of imide groups is 1. The van der Waals surface area contributed by atoms with Gasteiger partial charge in [0.2, 0.25) is 12.7 Å². The van der Waals surface area contributed by atoms with E-state index in [0.29, 0.717) is 17.2 Å². The maximum Gasteiger partial charge on any atom is 0.325 e. The van der Waals surface area contributed by atoms with E-state index < -0.39 is 6.03 Å². The Kier molecular flexibility index (Phi) is 6.34. The lowest BCUT2D eigenvalue weighted by molar-refractivity contribution is -0.121. The number of benzene rings is 1. The van der Waals surface area contributed by atoms with Crippen LogP contribution in [0.3, 0.4) is 0 Å². The number of piperazine rings is 1. The molecule has 0 bridgehead atoms. The largest absolute Gasteiger partial charge is 0.454 e. The topological polar surface area (TPSA) is 83.1 Å². The average molecular weight is 481 g/mol. The molecule has 29 heavy (non-hydrogen) atoms. The van der Waals surface area contributed by atoms with Crippen molar-refractivity contribution in [3.8, 4) is 11.5 Å². The van der Waals surface area contributed by atoms with Crippen molar-refractivity contribution in [3.63, 3.8) is 0 Å². The van der Waals surface area contributed by atoms with E-state index in [9.17, 15) is 9.59 Å². The van der Waals surface area contributed by atoms with E-state index in [1.165, 1.54) is 4.88 Å². The predicted molar refractivity (Wildman–Crippen MR) is 113 cm³/mol. The number of hydrogen-bond donors (Lipinski definition) is 2. The van der Waals surface area contributed by atoms with E-state index in [0.717, 1.165) is 36.5 Å². The molecule has 8 nitrogen and oxygen atoms in total. The molecule has 3 amide bonds. The lowest BCUT2D eigenvalue weighted by Crippen LogP contribution is -2.50. The van der Waals surface area contributed by atoms with Gasteiger partial charge in [-0.15, -0.1) is 11.3 Å². The number of anilines is 1. The molecule has 1 aromatic carbocycles. The molecular formula is C19H21BrN4O4S. The summed E-state index contributed by atoms with van der Waals surface area (Å²) in [7, 11) is 0. The molecule has 0 saturated carbocycles. The molecule has 4 rings (SSSR count). The maximum absolute atomic E-state index is 12.2. The van der Waals surface area contributed by atoms with Gasteiger partial charge in [0.15, 0.2) is 11.5 Å². The number of hydrogen-bond acceptors (Lipinski definition) is 7. The zero-order valence-corrected chi connectivity index (χ0v) is 18.1. The molecule has 3 heterocycles. The third kappa shape index (κ3) is 5.47. The van der Waals surface area contributed by atoms with Crippen LogP contribution in [0, 0.1) is 0 Å². The van der Waals surface area contributed by atoms with Crippen LogP contribution in [0.4, 0.5) is 10.5 Å². The zero-order chi connectivity index (χ0) is 20.2. The number of fused-ring (bicyclic) bond motifs is 1. The molecular weight excluding hydrogens is 460 g/mol. The SMILES string of the molecule is O=C(CN1CCN(Cc2ccc(Br)s2)CC1)NC(=O)Nc1ccc2c(c1)OCO2. The second-order valence-electron chi connectivity index (χ2n) is 6.83. The van der Waals surface area contributed by atoms with Gasteiger partial charge in [0, 0.05) is 49.4 Å². The molecule has 2 N–H and O–H groups in total. The first-order valence-corrected chi connectivity index (χ1v) is 10.9. The van der Waals surface area contributed by atoms with E-state index in [2.05, 4.69) is 48.5 Å². The first kappa shape index (κ1) is 20.1. The van der Waals surface area contributed by atoms with Gasteiger partial charge in [0.05, 0.1) is 10.3 Å². The second kappa shape index (κ2) is 9.12. The number of nitrogens with one attached hydrogen (secondary N) is 2. The summed E-state index contributed by atoms with van der Waals surface area (Å²) in [6.45, 7) is 4.68. The summed E-state index contributed by atoms with van der Waals surface area (Å²) in [5.41, 5.74) is 0.536. The molecule has 154 valence electrons. The van der Waals surface area contributed by atoms with E-state index in [1.807, 2.05) is 0 Å². The van der Waals surface area contributed by atoms with E-state index in [4.69, 9.17) is 9.47 Å². The molecule has 10 heteroatoms. The third-order valence-electron chi connectivity index (χ3n) is 4.72. The summed E-state index contributed by atoms with van der Waals surface area (Å²) in [6.07, 6.45) is 0. The van der Waals surface area contributed by atoms with Crippen LogP contribution >= 0.6 is 27.3 Å². The highest BCUT2D eigenvalue weighted by molar-refractivity contribution is 9.11. The number of thiophene rings is 1. The number of rotatable bonds is 5. The lowest BCUT2D eigenvalue weighted by Gasteiger charge is -2.33. The zero-order valence-electron chi connectivity index (χ0n) is 15.7. The highest BCUT2D eigenvalue weighted by Gasteiger charge is 2.20. The smallest absolute Gasteiger partial charge is 0.325 e. The van der Waals surface area contributed by atoms with Crippen molar-refractivity contribution in [3.05, 3.63) is 39.0 Å². The molecule has 2 aliphatic heterocycles. The van der Waals surface area contributed by atoms with Gasteiger partial charge in [0.25, 0.3) is 0 Å². The fraction of sp³-hybridized carbons (Fsp3) is 0.368. The Hall–Kier alpha value is -2.14. The van der Waals surface area contributed by atoms with Crippen molar-refractivity contribution >= 4 is 44.9 Å².